The van der Waals surface area contributed by atoms with E-state index < -0.39 is 0 Å². The maximum Gasteiger partial charge on any atom is 0.160 e. The third kappa shape index (κ3) is 5.82. The lowest BCUT2D eigenvalue weighted by atomic mass is 9.88. The molecule has 0 aliphatic carbocycles. The summed E-state index contributed by atoms with van der Waals surface area (Å²) in [4.78, 5) is 10.5. The Morgan fingerprint density at radius 2 is 1.00 bits per heavy atom. The van der Waals surface area contributed by atoms with Gasteiger partial charge in [0.25, 0.3) is 0 Å². The van der Waals surface area contributed by atoms with E-state index in [4.69, 9.17) is 9.97 Å². The third-order valence-electron chi connectivity index (χ3n) is 12.1. The van der Waals surface area contributed by atoms with E-state index in [0.29, 0.717) is 11.5 Å². The van der Waals surface area contributed by atoms with E-state index in [2.05, 4.69) is 155 Å². The third-order valence-corrected chi connectivity index (χ3v) is 12.1. The molecule has 4 heterocycles. The Balaban J connectivity index is 1.03. The van der Waals surface area contributed by atoms with Crippen LogP contribution < -0.4 is 5.32 Å². The SMILES string of the molecule is N=C(/C(=C1\NC(c2cccc(-c3cc(-c4cc5c6ccccc6n6c7ccccc7c(c4)c56)nc(-c4ccccc4)n3)c2)=Cc2ccccc21)c1ccccc1)c1ccccc1. The molecule has 0 spiro atoms. The molecule has 1 aliphatic rings. The van der Waals surface area contributed by atoms with E-state index >= 15 is 0 Å². The second kappa shape index (κ2) is 14.4. The first-order valence-electron chi connectivity index (χ1n) is 20.9. The normalized spacial score (nSPS) is 13.3. The predicted molar refractivity (Wildman–Crippen MR) is 257 cm³/mol. The lowest BCUT2D eigenvalue weighted by Crippen LogP contribution is -2.20. The molecule has 0 bridgehead atoms. The van der Waals surface area contributed by atoms with Gasteiger partial charge in [0.2, 0.25) is 0 Å². The van der Waals surface area contributed by atoms with Crippen molar-refractivity contribution in [1.82, 2.24) is 19.7 Å². The van der Waals surface area contributed by atoms with Gasteiger partial charge < -0.3 is 9.72 Å². The Kier molecular flexibility index (Phi) is 8.25. The van der Waals surface area contributed by atoms with E-state index in [9.17, 15) is 5.41 Å². The van der Waals surface area contributed by atoms with E-state index in [0.717, 1.165) is 72.9 Å². The Bertz CT molecular complexity index is 3520. The fourth-order valence-electron chi connectivity index (χ4n) is 9.27. The highest BCUT2D eigenvalue weighted by Crippen LogP contribution is 2.42. The van der Waals surface area contributed by atoms with Crippen molar-refractivity contribution in [2.24, 2.45) is 0 Å². The highest BCUT2D eigenvalue weighted by Gasteiger charge is 2.25. The van der Waals surface area contributed by atoms with Crippen LogP contribution in [-0.2, 0) is 0 Å². The van der Waals surface area contributed by atoms with Gasteiger partial charge in [0.1, 0.15) is 0 Å². The summed E-state index contributed by atoms with van der Waals surface area (Å²) in [5.41, 5.74) is 16.4. The van der Waals surface area contributed by atoms with Gasteiger partial charge in [0.05, 0.1) is 39.3 Å². The van der Waals surface area contributed by atoms with Crippen LogP contribution in [0, 0.1) is 5.41 Å². The number of hydrogen-bond donors (Lipinski definition) is 2. The average Bonchev–Trinajstić information content (AvgIpc) is 3.87. The second-order valence-corrected chi connectivity index (χ2v) is 15.8. The van der Waals surface area contributed by atoms with Crippen molar-refractivity contribution in [3.63, 3.8) is 0 Å². The van der Waals surface area contributed by atoms with Gasteiger partial charge in [-0.15, -0.1) is 0 Å². The molecule has 0 amide bonds. The van der Waals surface area contributed by atoms with Crippen LogP contribution in [0.15, 0.2) is 206 Å². The molecule has 5 nitrogen and oxygen atoms in total. The Labute approximate surface area is 358 Å². The molecule has 62 heavy (non-hydrogen) atoms. The number of nitrogens with one attached hydrogen (secondary N) is 2. The minimum Gasteiger partial charge on any atom is -0.354 e. The molecule has 0 saturated carbocycles. The molecule has 11 aromatic rings. The minimum absolute atomic E-state index is 0.454. The Hall–Kier alpha value is -8.41. The van der Waals surface area contributed by atoms with Gasteiger partial charge in [-0.1, -0.05) is 170 Å². The molecular formula is C57H37N5. The van der Waals surface area contributed by atoms with Crippen LogP contribution in [0.3, 0.4) is 0 Å². The van der Waals surface area contributed by atoms with Crippen LogP contribution >= 0.6 is 0 Å². The van der Waals surface area contributed by atoms with Gasteiger partial charge >= 0.3 is 0 Å². The van der Waals surface area contributed by atoms with Gasteiger partial charge in [-0.05, 0) is 59.2 Å². The van der Waals surface area contributed by atoms with Crippen LogP contribution in [-0.4, -0.2) is 20.1 Å². The molecule has 2 N–H and O–H groups in total. The van der Waals surface area contributed by atoms with E-state index in [1.807, 2.05) is 66.7 Å². The maximum absolute atomic E-state index is 9.61. The van der Waals surface area contributed by atoms with Crippen molar-refractivity contribution in [3.05, 3.63) is 234 Å². The molecule has 0 atom stereocenters. The Morgan fingerprint density at radius 1 is 0.452 bits per heavy atom. The number of hydrogen-bond acceptors (Lipinski definition) is 4. The van der Waals surface area contributed by atoms with Crippen LogP contribution in [0.4, 0.5) is 0 Å². The second-order valence-electron chi connectivity index (χ2n) is 15.8. The zero-order chi connectivity index (χ0) is 41.1. The number of benzene rings is 8. The first kappa shape index (κ1) is 35.5. The topological polar surface area (TPSA) is 66.1 Å². The van der Waals surface area contributed by atoms with Gasteiger partial charge in [-0.25, -0.2) is 9.97 Å². The summed E-state index contributed by atoms with van der Waals surface area (Å²) < 4.78 is 2.41. The number of aromatic nitrogens is 3. The van der Waals surface area contributed by atoms with Crippen molar-refractivity contribution in [2.45, 2.75) is 0 Å². The van der Waals surface area contributed by atoms with Crippen molar-refractivity contribution >= 4 is 66.8 Å². The van der Waals surface area contributed by atoms with Crippen LogP contribution in [0.5, 0.6) is 0 Å². The monoisotopic (exact) mass is 791 g/mol. The minimum atomic E-state index is 0.454. The molecule has 0 saturated heterocycles. The number of para-hydroxylation sites is 2. The summed E-state index contributed by atoms with van der Waals surface area (Å²) in [7, 11) is 0. The van der Waals surface area contributed by atoms with Gasteiger partial charge in [0, 0.05) is 60.6 Å². The van der Waals surface area contributed by atoms with Crippen molar-refractivity contribution in [1.29, 1.82) is 5.41 Å². The highest BCUT2D eigenvalue weighted by molar-refractivity contribution is 6.36. The maximum atomic E-state index is 9.61. The molecule has 5 heteroatoms. The fraction of sp³-hybridized carbons (Fsp3) is 0. The molecule has 0 radical (unpaired) electrons. The number of allylic oxidation sites excluding steroid dienone is 1. The first-order chi connectivity index (χ1) is 30.7. The predicted octanol–water partition coefficient (Wildman–Crippen LogP) is 13.7. The van der Waals surface area contributed by atoms with Crippen LogP contribution in [0.25, 0.3) is 95.0 Å². The smallest absolute Gasteiger partial charge is 0.160 e. The number of rotatable bonds is 7. The molecule has 290 valence electrons. The highest BCUT2D eigenvalue weighted by atomic mass is 14.9. The number of fused-ring (bicyclic) bond motifs is 7. The van der Waals surface area contributed by atoms with E-state index in [-0.39, 0.29) is 0 Å². The lowest BCUT2D eigenvalue weighted by Gasteiger charge is -2.26. The molecule has 0 fully saturated rings. The van der Waals surface area contributed by atoms with Gasteiger partial charge in [-0.3, -0.25) is 5.41 Å². The summed E-state index contributed by atoms with van der Waals surface area (Å²) >= 11 is 0. The molecule has 3 aromatic heterocycles. The van der Waals surface area contributed by atoms with Crippen LogP contribution in [0.1, 0.15) is 27.8 Å². The van der Waals surface area contributed by atoms with E-state index in [1.165, 1.54) is 38.1 Å². The van der Waals surface area contributed by atoms with Gasteiger partial charge in [0.15, 0.2) is 5.82 Å². The Morgan fingerprint density at radius 3 is 1.69 bits per heavy atom. The summed E-state index contributed by atoms with van der Waals surface area (Å²) in [6, 6.07) is 71.6. The van der Waals surface area contributed by atoms with E-state index in [1.54, 1.807) is 0 Å². The zero-order valence-corrected chi connectivity index (χ0v) is 33.5. The van der Waals surface area contributed by atoms with Crippen LogP contribution in [0.2, 0.25) is 0 Å². The standard InChI is InChI=1S/C57H37N5/c58-54(37-19-6-2-7-20-37)53(36-17-4-1-5-18-36)55-43-26-11-10-23-39(43)34-48(59-55)40-24-16-25-41(31-40)49-35-50(61-57(60-49)38-21-8-3-9-22-38)42-32-46-44-27-12-14-29-51(44)62-52-30-15-13-28-45(52)47(33-42)56(46)62/h1-35,58-59H/b55-53-,58-54?. The molecular weight excluding hydrogens is 755 g/mol. The molecule has 12 rings (SSSR count). The van der Waals surface area contributed by atoms with Crippen molar-refractivity contribution in [3.8, 4) is 33.9 Å². The molecule has 0 unspecified atom stereocenters. The molecule has 1 aliphatic heterocycles. The summed E-state index contributed by atoms with van der Waals surface area (Å²) in [5, 5.41) is 18.3. The lowest BCUT2D eigenvalue weighted by molar-refractivity contribution is 1.18. The quantitative estimate of drug-likeness (QED) is 0.158. The zero-order valence-electron chi connectivity index (χ0n) is 33.5. The average molecular weight is 792 g/mol. The van der Waals surface area contributed by atoms with Gasteiger partial charge in [-0.2, -0.15) is 0 Å². The first-order valence-corrected chi connectivity index (χ1v) is 20.9. The fourth-order valence-corrected chi connectivity index (χ4v) is 9.27. The van der Waals surface area contributed by atoms with Crippen molar-refractivity contribution in [2.75, 3.05) is 0 Å². The molecule has 8 aromatic carbocycles. The number of nitrogens with zero attached hydrogens (tertiary/aromatic N) is 3. The largest absolute Gasteiger partial charge is 0.354 e. The summed E-state index contributed by atoms with van der Waals surface area (Å²) in [6.07, 6.45) is 2.21. The summed E-state index contributed by atoms with van der Waals surface area (Å²) in [5.74, 6) is 0.670. The summed E-state index contributed by atoms with van der Waals surface area (Å²) in [6.45, 7) is 0. The van der Waals surface area contributed by atoms with Crippen molar-refractivity contribution < 1.29 is 0 Å².